The number of imidazole rings is 1. The van der Waals surface area contributed by atoms with Gasteiger partial charge >= 0.3 is 5.69 Å². The number of hydrogen-bond acceptors (Lipinski definition) is 3. The second-order valence-electron chi connectivity index (χ2n) is 7.82. The summed E-state index contributed by atoms with van der Waals surface area (Å²) < 4.78 is 0. The van der Waals surface area contributed by atoms with Gasteiger partial charge < -0.3 is 9.88 Å². The summed E-state index contributed by atoms with van der Waals surface area (Å²) in [6.45, 7) is 0. The maximum absolute atomic E-state index is 13.2. The molecule has 6 heteroatoms. The van der Waals surface area contributed by atoms with Gasteiger partial charge in [0.2, 0.25) is 0 Å². The summed E-state index contributed by atoms with van der Waals surface area (Å²) in [5.74, 6) is 0.674. The minimum Gasteiger partial charge on any atom is -0.333 e. The lowest BCUT2D eigenvalue weighted by molar-refractivity contribution is 0.0524. The van der Waals surface area contributed by atoms with E-state index in [1.54, 1.807) is 12.3 Å². The van der Waals surface area contributed by atoms with Crippen LogP contribution in [0.25, 0.3) is 11.2 Å². The highest BCUT2D eigenvalue weighted by molar-refractivity contribution is 5.96. The van der Waals surface area contributed by atoms with Crippen molar-refractivity contribution in [2.75, 3.05) is 0 Å². The molecule has 0 radical (unpaired) electrons. The number of nitrogens with one attached hydrogen (secondary N) is 2. The van der Waals surface area contributed by atoms with E-state index >= 15 is 0 Å². The van der Waals surface area contributed by atoms with Crippen molar-refractivity contribution >= 4 is 17.1 Å². The van der Waals surface area contributed by atoms with Crippen LogP contribution in [-0.2, 0) is 6.42 Å². The summed E-state index contributed by atoms with van der Waals surface area (Å²) >= 11 is 0. The number of H-pyrrole nitrogens is 2. The normalized spacial score (nSPS) is 24.4. The molecule has 2 unspecified atom stereocenters. The number of hydrogen-bond donors (Lipinski definition) is 2. The largest absolute Gasteiger partial charge is 0.333 e. The number of aromatic nitrogens is 3. The second-order valence-corrected chi connectivity index (χ2v) is 7.82. The van der Waals surface area contributed by atoms with Crippen LogP contribution in [0.2, 0.25) is 0 Å². The zero-order chi connectivity index (χ0) is 18.4. The van der Waals surface area contributed by atoms with Gasteiger partial charge in [-0.2, -0.15) is 0 Å². The summed E-state index contributed by atoms with van der Waals surface area (Å²) in [6.07, 6.45) is 6.95. The molecule has 0 aliphatic carbocycles. The lowest BCUT2D eigenvalue weighted by atomic mass is 9.85. The van der Waals surface area contributed by atoms with E-state index in [-0.39, 0.29) is 11.6 Å². The fraction of sp³-hybridized carbons (Fsp3) is 0.381. The zero-order valence-electron chi connectivity index (χ0n) is 15.0. The number of pyridine rings is 1. The minimum absolute atomic E-state index is 0.0390. The van der Waals surface area contributed by atoms with E-state index in [4.69, 9.17) is 0 Å². The quantitative estimate of drug-likeness (QED) is 0.752. The third-order valence-electron chi connectivity index (χ3n) is 6.05. The van der Waals surface area contributed by atoms with Crippen LogP contribution in [0.5, 0.6) is 0 Å². The molecule has 27 heavy (non-hydrogen) atoms. The number of carbonyl (C=O) groups is 1. The number of fused-ring (bicyclic) bond motifs is 3. The first-order valence-corrected chi connectivity index (χ1v) is 9.62. The number of piperidine rings is 1. The molecule has 2 fully saturated rings. The highest BCUT2D eigenvalue weighted by Gasteiger charge is 2.43. The molecule has 2 aliphatic heterocycles. The average Bonchev–Trinajstić information content (AvgIpc) is 3.17. The molecular formula is C21H22N4O2. The van der Waals surface area contributed by atoms with E-state index in [1.165, 1.54) is 5.56 Å². The Labute approximate surface area is 156 Å². The number of nitrogens with zero attached hydrogens (tertiary/aromatic N) is 2. The SMILES string of the molecule is O=C(c1cnc2[nH]c(=O)[nH]c2c1)N1C2CCC1CC(Cc1ccccc1)C2. The molecule has 2 bridgehead atoms. The van der Waals surface area contributed by atoms with Crippen LogP contribution in [0, 0.1) is 5.92 Å². The van der Waals surface area contributed by atoms with E-state index in [0.29, 0.717) is 34.7 Å². The van der Waals surface area contributed by atoms with Crippen molar-refractivity contribution in [3.05, 3.63) is 64.2 Å². The Balaban J connectivity index is 1.35. The summed E-state index contributed by atoms with van der Waals surface area (Å²) in [7, 11) is 0. The van der Waals surface area contributed by atoms with E-state index in [2.05, 4.69) is 50.2 Å². The highest BCUT2D eigenvalue weighted by atomic mass is 16.2. The number of rotatable bonds is 3. The topological polar surface area (TPSA) is 81.8 Å². The van der Waals surface area contributed by atoms with Gasteiger partial charge in [-0.15, -0.1) is 0 Å². The van der Waals surface area contributed by atoms with Gasteiger partial charge in [0, 0.05) is 18.3 Å². The third-order valence-corrected chi connectivity index (χ3v) is 6.05. The smallest absolute Gasteiger partial charge is 0.325 e. The monoisotopic (exact) mass is 362 g/mol. The molecule has 138 valence electrons. The number of carbonyl (C=O) groups excluding carboxylic acids is 1. The Kier molecular flexibility index (Phi) is 3.85. The van der Waals surface area contributed by atoms with E-state index < -0.39 is 0 Å². The average molecular weight is 362 g/mol. The van der Waals surface area contributed by atoms with Crippen molar-refractivity contribution in [2.24, 2.45) is 5.92 Å². The van der Waals surface area contributed by atoms with Gasteiger partial charge in [0.1, 0.15) is 0 Å². The molecule has 2 saturated heterocycles. The van der Waals surface area contributed by atoms with Gasteiger partial charge in [0.15, 0.2) is 5.65 Å². The Morgan fingerprint density at radius 2 is 1.85 bits per heavy atom. The molecule has 2 N–H and O–H groups in total. The molecule has 2 aliphatic rings. The van der Waals surface area contributed by atoms with Crippen LogP contribution in [0.15, 0.2) is 47.4 Å². The lowest BCUT2D eigenvalue weighted by Gasteiger charge is -2.39. The zero-order valence-corrected chi connectivity index (χ0v) is 15.0. The summed E-state index contributed by atoms with van der Waals surface area (Å²) in [6, 6.07) is 13.0. The van der Waals surface area contributed by atoms with Gasteiger partial charge in [0.05, 0.1) is 11.1 Å². The van der Waals surface area contributed by atoms with Crippen molar-refractivity contribution in [3.63, 3.8) is 0 Å². The van der Waals surface area contributed by atoms with Crippen LogP contribution in [0.4, 0.5) is 0 Å². The van der Waals surface area contributed by atoms with Crippen molar-refractivity contribution in [2.45, 2.75) is 44.2 Å². The van der Waals surface area contributed by atoms with Crippen LogP contribution in [0.3, 0.4) is 0 Å². The van der Waals surface area contributed by atoms with Crippen molar-refractivity contribution in [1.82, 2.24) is 19.9 Å². The van der Waals surface area contributed by atoms with Gasteiger partial charge in [-0.1, -0.05) is 30.3 Å². The van der Waals surface area contributed by atoms with Gasteiger partial charge in [-0.3, -0.25) is 9.78 Å². The first kappa shape index (κ1) is 16.3. The lowest BCUT2D eigenvalue weighted by Crippen LogP contribution is -2.46. The molecule has 0 saturated carbocycles. The van der Waals surface area contributed by atoms with E-state index in [0.717, 1.165) is 32.1 Å². The van der Waals surface area contributed by atoms with Crippen molar-refractivity contribution in [1.29, 1.82) is 0 Å². The molecule has 1 aromatic carbocycles. The standard InChI is InChI=1S/C21H22N4O2/c26-20(15-11-18-19(22-12-15)24-21(27)23-18)25-16-6-7-17(25)10-14(9-16)8-13-4-2-1-3-5-13/h1-5,11-12,14,16-17H,6-10H2,(H2,22,23,24,27). The van der Waals surface area contributed by atoms with Crippen molar-refractivity contribution in [3.8, 4) is 0 Å². The predicted octanol–water partition coefficient (Wildman–Crippen LogP) is 2.88. The van der Waals surface area contributed by atoms with Crippen LogP contribution in [-0.4, -0.2) is 37.8 Å². The second kappa shape index (κ2) is 6.37. The Morgan fingerprint density at radius 1 is 1.11 bits per heavy atom. The Bertz CT molecular complexity index is 1030. The summed E-state index contributed by atoms with van der Waals surface area (Å²) in [5.41, 5.74) is 2.70. The summed E-state index contributed by atoms with van der Waals surface area (Å²) in [5, 5.41) is 0. The molecule has 6 nitrogen and oxygen atoms in total. The fourth-order valence-corrected chi connectivity index (χ4v) is 4.92. The maximum atomic E-state index is 13.2. The molecule has 0 spiro atoms. The fourth-order valence-electron chi connectivity index (χ4n) is 4.92. The van der Waals surface area contributed by atoms with Crippen LogP contribution >= 0.6 is 0 Å². The van der Waals surface area contributed by atoms with Crippen LogP contribution in [0.1, 0.15) is 41.6 Å². The molecule has 2 atom stereocenters. The van der Waals surface area contributed by atoms with E-state index in [1.807, 2.05) is 0 Å². The van der Waals surface area contributed by atoms with Gasteiger partial charge in [-0.05, 0) is 49.7 Å². The van der Waals surface area contributed by atoms with Gasteiger partial charge in [-0.25, -0.2) is 9.78 Å². The Hall–Kier alpha value is -2.89. The van der Waals surface area contributed by atoms with E-state index in [9.17, 15) is 9.59 Å². The number of aromatic amines is 2. The minimum atomic E-state index is -0.302. The predicted molar refractivity (Wildman–Crippen MR) is 103 cm³/mol. The molecular weight excluding hydrogens is 340 g/mol. The number of amides is 1. The van der Waals surface area contributed by atoms with Crippen molar-refractivity contribution < 1.29 is 4.79 Å². The molecule has 3 aromatic rings. The van der Waals surface area contributed by atoms with Gasteiger partial charge in [0.25, 0.3) is 5.91 Å². The van der Waals surface area contributed by atoms with Crippen LogP contribution < -0.4 is 5.69 Å². The summed E-state index contributed by atoms with van der Waals surface area (Å²) in [4.78, 5) is 36.2. The Morgan fingerprint density at radius 3 is 2.59 bits per heavy atom. The first-order chi connectivity index (χ1) is 13.2. The molecule has 4 heterocycles. The molecule has 2 aromatic heterocycles. The third kappa shape index (κ3) is 2.95. The molecule has 1 amide bonds. The highest BCUT2D eigenvalue weighted by Crippen LogP contribution is 2.40. The maximum Gasteiger partial charge on any atom is 0.325 e. The molecule has 5 rings (SSSR count). The number of benzene rings is 1. The first-order valence-electron chi connectivity index (χ1n) is 9.62.